The molecule has 0 aliphatic heterocycles. The zero-order chi connectivity index (χ0) is 50.3. The number of carbonyl (C=O) groups excluding carboxylic acids is 3. The van der Waals surface area contributed by atoms with E-state index in [0.717, 1.165) is 127 Å². The first kappa shape index (κ1) is 48.8. The lowest BCUT2D eigenvalue weighted by Crippen LogP contribution is -2.68. The molecule has 0 amide bonds. The minimum atomic E-state index is -0.234. The van der Waals surface area contributed by atoms with E-state index < -0.39 is 0 Å². The first-order valence-electron chi connectivity index (χ1n) is 28.8. The molecule has 1 N–H and O–H groups in total. The molecule has 18 atom stereocenters. The maximum Gasteiger partial charge on any atom is 0.302 e. The number of carbonyl (C=O) groups is 3. The Kier molecular flexibility index (Phi) is 10.7. The molecule has 9 nitrogen and oxygen atoms in total. The number of aliphatic hydroxyl groups is 1. The summed E-state index contributed by atoms with van der Waals surface area (Å²) >= 11 is 0. The third-order valence-corrected chi connectivity index (χ3v) is 26.6. The third-order valence-electron chi connectivity index (χ3n) is 26.6. The van der Waals surface area contributed by atoms with Gasteiger partial charge in [-0.1, -0.05) is 85.1 Å². The Hall–Kier alpha value is -3.07. The molecule has 7 fully saturated rings. The number of nitrogens with zero attached hydrogens (tertiary/aromatic N) is 2. The van der Waals surface area contributed by atoms with Crippen LogP contribution < -0.4 is 0 Å². The minimum absolute atomic E-state index is 0.00702. The summed E-state index contributed by atoms with van der Waals surface area (Å²) in [4.78, 5) is 43.0. The fourth-order valence-corrected chi connectivity index (χ4v) is 22.1. The lowest BCUT2D eigenvalue weighted by atomic mass is 9.32. The first-order chi connectivity index (χ1) is 33.4. The zero-order valence-electron chi connectivity index (χ0n) is 45.6. The van der Waals surface area contributed by atoms with Crippen LogP contribution in [0.5, 0.6) is 0 Å². The summed E-state index contributed by atoms with van der Waals surface area (Å²) < 4.78 is 18.1. The van der Waals surface area contributed by atoms with E-state index >= 15 is 9.59 Å². The second kappa shape index (κ2) is 15.5. The highest BCUT2D eigenvalue weighted by Gasteiger charge is 2.73. The minimum Gasteiger partial charge on any atom is -0.465 e. The van der Waals surface area contributed by atoms with Crippen LogP contribution in [-0.2, 0) is 32.0 Å². The zero-order valence-corrected chi connectivity index (χ0v) is 45.6. The number of rotatable bonds is 6. The third kappa shape index (κ3) is 6.40. The van der Waals surface area contributed by atoms with Crippen LogP contribution in [0, 0.1) is 95.6 Å². The molecule has 0 aromatic carbocycles. The van der Waals surface area contributed by atoms with Gasteiger partial charge in [-0.25, -0.2) is 0 Å². The number of fused-ring (bicyclic) bond motifs is 16. The van der Waals surface area contributed by atoms with Crippen molar-refractivity contribution in [1.29, 1.82) is 0 Å². The van der Waals surface area contributed by atoms with E-state index in [1.54, 1.807) is 0 Å². The Morgan fingerprint density at radius 2 is 1.37 bits per heavy atom. The standard InChI is InChI=1S/C62H88N2O7/c1-36-41-13-16-57(8)47(55(41,6)28-38-32-63-70-51(36)38)26-46(68)50-44-31-54(5,19-23-61(44,34-65)24-20-59(50,57)10)15-12-40-42-14-17-58(9)48(56(42,7)29-39-33-64-71-52(39)40)27-45(67)49-43-30-53(3,4)18-22-62(43,35-69-37(2)66)25-21-60(49,58)11/h26,32-33,36,40-44,48-50,65H,12-25,27-31,34-35H2,1-11H3/t36-,40-,41-,42-,43?,44?,48?,49?,50?,54?,55-,56-,57+,58+,59+,60+,61+,62+/m0/s1. The maximum atomic E-state index is 15.4. The molecule has 9 heteroatoms. The van der Waals surface area contributed by atoms with Gasteiger partial charge in [-0.05, 0) is 200 Å². The monoisotopic (exact) mass is 973 g/mol. The topological polar surface area (TPSA) is 133 Å². The predicted molar refractivity (Wildman–Crippen MR) is 272 cm³/mol. The second-order valence-electron chi connectivity index (χ2n) is 29.9. The molecule has 2 aromatic heterocycles. The Morgan fingerprint density at radius 1 is 0.718 bits per heavy atom. The van der Waals surface area contributed by atoms with Gasteiger partial charge in [0, 0.05) is 60.2 Å². The lowest BCUT2D eigenvalue weighted by Gasteiger charge is -2.72. The SMILES string of the molecule is CC(=O)OC[C@]12CCC(C)(C)CC1C1C(=O)CC3[C@@]4(C)Cc5cnoc5[C@@H](CCC5(C)CC[C@]6(CO)CC[C@]7(C)C(C(=O)C=C8[C@@]9(C)Cc%10cnoc%10[C@@H](C)[C@@H]9CC[C@]87C)C6C5)[C@@H]4CC[C@@]3(C)[C@]1(C)CC2. The van der Waals surface area contributed by atoms with Gasteiger partial charge in [0.25, 0.3) is 0 Å². The molecule has 12 rings (SSSR count). The number of allylic oxidation sites excluding steroid dienone is 2. The van der Waals surface area contributed by atoms with Gasteiger partial charge >= 0.3 is 5.97 Å². The van der Waals surface area contributed by atoms with Crippen molar-refractivity contribution in [3.8, 4) is 0 Å². The number of esters is 1. The van der Waals surface area contributed by atoms with Gasteiger partial charge in [-0.15, -0.1) is 0 Å². The molecular formula is C62H88N2O7. The van der Waals surface area contributed by atoms with Crippen molar-refractivity contribution in [2.24, 2.45) is 95.6 Å². The number of hydrogen-bond acceptors (Lipinski definition) is 9. The molecule has 10 aliphatic carbocycles. The van der Waals surface area contributed by atoms with Crippen LogP contribution in [0.4, 0.5) is 0 Å². The molecular weight excluding hydrogens is 885 g/mol. The quantitative estimate of drug-likeness (QED) is 0.281. The highest BCUT2D eigenvalue weighted by atomic mass is 16.5. The Balaban J connectivity index is 0.829. The van der Waals surface area contributed by atoms with E-state index in [0.29, 0.717) is 36.4 Å². The van der Waals surface area contributed by atoms with Crippen molar-refractivity contribution >= 4 is 17.5 Å². The molecule has 10 aliphatic rings. The van der Waals surface area contributed by atoms with Crippen LogP contribution in [-0.4, -0.2) is 46.2 Å². The fourth-order valence-electron chi connectivity index (χ4n) is 22.1. The molecule has 7 saturated carbocycles. The van der Waals surface area contributed by atoms with Crippen LogP contribution in [0.3, 0.4) is 0 Å². The normalized spacial score (nSPS) is 50.2. The average Bonchev–Trinajstić information content (AvgIpc) is 3.98. The Bertz CT molecular complexity index is 2570. The number of hydrogen-bond donors (Lipinski definition) is 1. The number of aromatic nitrogens is 2. The van der Waals surface area contributed by atoms with E-state index in [1.807, 2.05) is 12.4 Å². The smallest absolute Gasteiger partial charge is 0.302 e. The van der Waals surface area contributed by atoms with Gasteiger partial charge in [-0.3, -0.25) is 14.4 Å². The molecule has 0 radical (unpaired) electrons. The van der Waals surface area contributed by atoms with Crippen molar-refractivity contribution in [1.82, 2.24) is 10.3 Å². The maximum absolute atomic E-state index is 15.4. The van der Waals surface area contributed by atoms with E-state index in [-0.39, 0.29) is 108 Å². The summed E-state index contributed by atoms with van der Waals surface area (Å²) in [6.45, 7) is 26.9. The summed E-state index contributed by atoms with van der Waals surface area (Å²) in [6.07, 6.45) is 25.1. The van der Waals surface area contributed by atoms with Crippen LogP contribution >= 0.6 is 0 Å². The summed E-state index contributed by atoms with van der Waals surface area (Å²) in [6, 6.07) is 0. The van der Waals surface area contributed by atoms with Crippen molar-refractivity contribution in [3.63, 3.8) is 0 Å². The van der Waals surface area contributed by atoms with Crippen LogP contribution in [0.2, 0.25) is 0 Å². The number of Topliss-reactive ketones (excluding diaryl/α,β-unsaturated/α-hetero) is 1. The Labute approximate surface area is 425 Å². The summed E-state index contributed by atoms with van der Waals surface area (Å²) in [7, 11) is 0. The van der Waals surface area contributed by atoms with E-state index in [1.165, 1.54) is 23.6 Å². The molecule has 0 bridgehead atoms. The number of ether oxygens (including phenoxy) is 1. The fraction of sp³-hybridized carbons (Fsp3) is 0.823. The van der Waals surface area contributed by atoms with E-state index in [2.05, 4.69) is 85.6 Å². The summed E-state index contributed by atoms with van der Waals surface area (Å²) in [5.74, 6) is 4.44. The molecule has 71 heavy (non-hydrogen) atoms. The molecule has 0 spiro atoms. The van der Waals surface area contributed by atoms with Gasteiger partial charge in [0.05, 0.1) is 19.0 Å². The van der Waals surface area contributed by atoms with Gasteiger partial charge in [-0.2, -0.15) is 0 Å². The van der Waals surface area contributed by atoms with Crippen molar-refractivity contribution in [2.75, 3.05) is 13.2 Å². The largest absolute Gasteiger partial charge is 0.465 e. The average molecular weight is 973 g/mol. The van der Waals surface area contributed by atoms with Gasteiger partial charge in [0.2, 0.25) is 0 Å². The molecule has 0 saturated heterocycles. The van der Waals surface area contributed by atoms with Gasteiger partial charge < -0.3 is 18.9 Å². The molecule has 6 unspecified atom stereocenters. The molecule has 388 valence electrons. The lowest BCUT2D eigenvalue weighted by molar-refractivity contribution is -0.230. The molecule has 2 heterocycles. The van der Waals surface area contributed by atoms with Gasteiger partial charge in [0.1, 0.15) is 17.3 Å². The number of ketones is 2. The Morgan fingerprint density at radius 3 is 2.10 bits per heavy atom. The summed E-state index contributed by atoms with van der Waals surface area (Å²) in [5.41, 5.74) is 2.96. The first-order valence-corrected chi connectivity index (χ1v) is 28.8. The van der Waals surface area contributed by atoms with Crippen LogP contribution in [0.1, 0.15) is 220 Å². The van der Waals surface area contributed by atoms with Crippen LogP contribution in [0.15, 0.2) is 33.1 Å². The van der Waals surface area contributed by atoms with Crippen molar-refractivity contribution in [3.05, 3.63) is 46.7 Å². The van der Waals surface area contributed by atoms with E-state index in [9.17, 15) is 9.90 Å². The molecule has 2 aromatic rings. The highest BCUT2D eigenvalue weighted by Crippen LogP contribution is 2.78. The summed E-state index contributed by atoms with van der Waals surface area (Å²) in [5, 5.41) is 20.3. The van der Waals surface area contributed by atoms with Crippen LogP contribution in [0.25, 0.3) is 0 Å². The van der Waals surface area contributed by atoms with E-state index in [4.69, 9.17) is 13.8 Å². The number of aliphatic hydroxyl groups excluding tert-OH is 1. The van der Waals surface area contributed by atoms with Gasteiger partial charge in [0.15, 0.2) is 5.78 Å². The highest BCUT2D eigenvalue weighted by molar-refractivity contribution is 5.95. The van der Waals surface area contributed by atoms with Crippen molar-refractivity contribution in [2.45, 2.75) is 210 Å². The predicted octanol–water partition coefficient (Wildman–Crippen LogP) is 13.4. The van der Waals surface area contributed by atoms with Crippen molar-refractivity contribution < 1.29 is 33.3 Å². The second-order valence-corrected chi connectivity index (χ2v) is 29.9.